The van der Waals surface area contributed by atoms with Crippen LogP contribution in [0.25, 0.3) is 0 Å². The van der Waals surface area contributed by atoms with Gasteiger partial charge in [0.05, 0.1) is 5.29 Å². The molecule has 1 atom stereocenters. The normalized spacial score (nSPS) is 11.7. The molecule has 0 spiro atoms. The summed E-state index contributed by atoms with van der Waals surface area (Å²) in [6, 6.07) is 8.36. The van der Waals surface area contributed by atoms with Crippen molar-refractivity contribution in [3.05, 3.63) is 35.2 Å². The fourth-order valence-corrected chi connectivity index (χ4v) is 1.29. The van der Waals surface area contributed by atoms with Crippen molar-refractivity contribution in [2.24, 2.45) is 5.29 Å². The van der Waals surface area contributed by atoms with E-state index in [9.17, 15) is 9.70 Å². The summed E-state index contributed by atoms with van der Waals surface area (Å²) in [6.07, 6.45) is 0. The molecule has 1 aromatic carbocycles. The summed E-state index contributed by atoms with van der Waals surface area (Å²) >= 11 is 5.65. The highest BCUT2D eigenvalue weighted by Gasteiger charge is 2.23. The van der Waals surface area contributed by atoms with Gasteiger partial charge in [0.15, 0.2) is 0 Å². The van der Waals surface area contributed by atoms with Crippen molar-refractivity contribution in [2.75, 3.05) is 11.9 Å². The second-order valence-corrected chi connectivity index (χ2v) is 3.81. The fraction of sp³-hybridized carbons (Fsp3) is 0.300. The summed E-state index contributed by atoms with van der Waals surface area (Å²) < 4.78 is 0. The maximum Gasteiger partial charge on any atom is 0.348 e. The molecule has 6 heteroatoms. The maximum absolute atomic E-state index is 11.8. The van der Waals surface area contributed by atoms with E-state index < -0.39 is 11.5 Å². The monoisotopic (exact) mass is 241 g/mol. The number of urea groups is 1. The van der Waals surface area contributed by atoms with Gasteiger partial charge in [-0.1, -0.05) is 29.8 Å². The molecule has 0 aliphatic heterocycles. The lowest BCUT2D eigenvalue weighted by Gasteiger charge is -2.23. The standard InChI is InChI=1S/C10H12ClN3O2/c1-8(11)14(12-16)10(15)13(2)9-6-4-3-5-7-9/h3-8H,1-2H3. The average Bonchev–Trinajstić information content (AvgIpc) is 2.29. The van der Waals surface area contributed by atoms with E-state index in [1.54, 1.807) is 31.3 Å². The number of carbonyl (C=O) groups excluding carboxylic acids is 1. The second kappa shape index (κ2) is 5.46. The number of carbonyl (C=O) groups is 1. The van der Waals surface area contributed by atoms with Crippen LogP contribution in [0, 0.1) is 4.91 Å². The number of halogens is 1. The molecule has 1 unspecified atom stereocenters. The molecule has 0 heterocycles. The topological polar surface area (TPSA) is 53.0 Å². The number of rotatable bonds is 3. The van der Waals surface area contributed by atoms with Gasteiger partial charge in [-0.15, -0.1) is 4.91 Å². The van der Waals surface area contributed by atoms with E-state index in [1.807, 2.05) is 6.07 Å². The zero-order chi connectivity index (χ0) is 12.1. The van der Waals surface area contributed by atoms with E-state index in [1.165, 1.54) is 11.8 Å². The Labute approximate surface area is 98.5 Å². The molecule has 0 N–H and O–H groups in total. The number of alkyl halides is 1. The highest BCUT2D eigenvalue weighted by atomic mass is 35.5. The number of hydrogen-bond acceptors (Lipinski definition) is 3. The van der Waals surface area contributed by atoms with Crippen LogP contribution in [0.5, 0.6) is 0 Å². The first-order chi connectivity index (χ1) is 7.57. The third-order valence-electron chi connectivity index (χ3n) is 2.05. The van der Waals surface area contributed by atoms with E-state index in [0.29, 0.717) is 10.7 Å². The highest BCUT2D eigenvalue weighted by Crippen LogP contribution is 2.15. The number of para-hydroxylation sites is 1. The fourth-order valence-electron chi connectivity index (χ4n) is 1.17. The average molecular weight is 242 g/mol. The van der Waals surface area contributed by atoms with Gasteiger partial charge in [-0.05, 0) is 19.1 Å². The Bertz CT molecular complexity index is 370. The number of amides is 2. The molecule has 0 aliphatic rings. The molecule has 1 rings (SSSR count). The van der Waals surface area contributed by atoms with E-state index >= 15 is 0 Å². The van der Waals surface area contributed by atoms with Gasteiger partial charge in [0, 0.05) is 12.7 Å². The van der Waals surface area contributed by atoms with Crippen molar-refractivity contribution in [1.82, 2.24) is 5.01 Å². The molecular formula is C10H12ClN3O2. The van der Waals surface area contributed by atoms with Crippen LogP contribution in [0.4, 0.5) is 10.5 Å². The molecule has 0 radical (unpaired) electrons. The number of nitroso groups, excluding NO2 is 1. The summed E-state index contributed by atoms with van der Waals surface area (Å²) in [5.41, 5.74) is -0.116. The van der Waals surface area contributed by atoms with Crippen molar-refractivity contribution in [3.8, 4) is 0 Å². The van der Waals surface area contributed by atoms with Crippen LogP contribution in [0.3, 0.4) is 0 Å². The van der Waals surface area contributed by atoms with Crippen LogP contribution >= 0.6 is 11.6 Å². The van der Waals surface area contributed by atoms with Crippen LogP contribution in [-0.4, -0.2) is 23.6 Å². The van der Waals surface area contributed by atoms with Gasteiger partial charge in [0.25, 0.3) is 0 Å². The maximum atomic E-state index is 11.8. The summed E-state index contributed by atoms with van der Waals surface area (Å²) in [5, 5.41) is 3.27. The van der Waals surface area contributed by atoms with Crippen LogP contribution in [0.15, 0.2) is 35.6 Å². The second-order valence-electron chi connectivity index (χ2n) is 3.18. The molecular weight excluding hydrogens is 230 g/mol. The number of hydrogen-bond donors (Lipinski definition) is 0. The first kappa shape index (κ1) is 12.4. The van der Waals surface area contributed by atoms with E-state index in [2.05, 4.69) is 5.29 Å². The van der Waals surface area contributed by atoms with Gasteiger partial charge >= 0.3 is 6.03 Å². The molecule has 0 saturated heterocycles. The number of nitrogens with zero attached hydrogens (tertiary/aromatic N) is 3. The smallest absolute Gasteiger partial charge is 0.296 e. The molecule has 5 nitrogen and oxygen atoms in total. The van der Waals surface area contributed by atoms with Gasteiger partial charge in [-0.25, -0.2) is 4.79 Å². The lowest BCUT2D eigenvalue weighted by molar-refractivity contribution is 0.204. The summed E-state index contributed by atoms with van der Waals surface area (Å²) in [5.74, 6) is 0. The van der Waals surface area contributed by atoms with Gasteiger partial charge in [0.1, 0.15) is 5.50 Å². The molecule has 1 aromatic rings. The highest BCUT2D eigenvalue weighted by molar-refractivity contribution is 6.21. The number of benzene rings is 1. The minimum absolute atomic E-state index is 0.566. The zero-order valence-electron chi connectivity index (χ0n) is 9.00. The Morgan fingerprint density at radius 2 is 1.94 bits per heavy atom. The third kappa shape index (κ3) is 2.70. The predicted octanol–water partition coefficient (Wildman–Crippen LogP) is 2.81. The minimum atomic E-state index is -0.781. The zero-order valence-corrected chi connectivity index (χ0v) is 9.76. The van der Waals surface area contributed by atoms with Crippen LogP contribution in [-0.2, 0) is 0 Å². The molecule has 0 saturated carbocycles. The Morgan fingerprint density at radius 3 is 2.38 bits per heavy atom. The largest absolute Gasteiger partial charge is 0.348 e. The Kier molecular flexibility index (Phi) is 4.25. The van der Waals surface area contributed by atoms with Gasteiger partial charge in [-0.2, -0.15) is 5.01 Å². The molecule has 0 fully saturated rings. The molecule has 0 aromatic heterocycles. The van der Waals surface area contributed by atoms with Crippen molar-refractivity contribution < 1.29 is 4.79 Å². The van der Waals surface area contributed by atoms with Crippen molar-refractivity contribution in [1.29, 1.82) is 0 Å². The Hall–Kier alpha value is -1.62. The lowest BCUT2D eigenvalue weighted by atomic mass is 10.3. The van der Waals surface area contributed by atoms with Crippen molar-refractivity contribution in [3.63, 3.8) is 0 Å². The summed E-state index contributed by atoms with van der Waals surface area (Å²) in [6.45, 7) is 1.50. The summed E-state index contributed by atoms with van der Waals surface area (Å²) in [4.78, 5) is 23.6. The SMILES string of the molecule is CC(Cl)N(N=O)C(=O)N(C)c1ccccc1. The Morgan fingerprint density at radius 1 is 1.38 bits per heavy atom. The lowest BCUT2D eigenvalue weighted by Crippen LogP contribution is -2.40. The molecule has 0 bridgehead atoms. The predicted molar refractivity (Wildman–Crippen MR) is 63.2 cm³/mol. The minimum Gasteiger partial charge on any atom is -0.296 e. The molecule has 16 heavy (non-hydrogen) atoms. The number of anilines is 1. The van der Waals surface area contributed by atoms with Crippen LogP contribution in [0.2, 0.25) is 0 Å². The van der Waals surface area contributed by atoms with Gasteiger partial charge < -0.3 is 0 Å². The first-order valence-corrected chi connectivity index (χ1v) is 5.11. The van der Waals surface area contributed by atoms with E-state index in [0.717, 1.165) is 0 Å². The van der Waals surface area contributed by atoms with Gasteiger partial charge in [0.2, 0.25) is 0 Å². The summed E-state index contributed by atoms with van der Waals surface area (Å²) in [7, 11) is 1.55. The van der Waals surface area contributed by atoms with Crippen LogP contribution < -0.4 is 4.90 Å². The van der Waals surface area contributed by atoms with Crippen molar-refractivity contribution >= 4 is 23.3 Å². The molecule has 86 valence electrons. The third-order valence-corrected chi connectivity index (χ3v) is 2.24. The van der Waals surface area contributed by atoms with Crippen LogP contribution in [0.1, 0.15) is 6.92 Å². The molecule has 2 amide bonds. The first-order valence-electron chi connectivity index (χ1n) is 4.67. The van der Waals surface area contributed by atoms with Gasteiger partial charge in [-0.3, -0.25) is 4.90 Å². The van der Waals surface area contributed by atoms with Crippen molar-refractivity contribution in [2.45, 2.75) is 12.4 Å². The Balaban J connectivity index is 2.86. The quantitative estimate of drug-likeness (QED) is 0.354. The van der Waals surface area contributed by atoms with E-state index in [4.69, 9.17) is 11.6 Å². The van der Waals surface area contributed by atoms with E-state index in [-0.39, 0.29) is 0 Å². The molecule has 0 aliphatic carbocycles.